The summed E-state index contributed by atoms with van der Waals surface area (Å²) < 4.78 is 5.15. The maximum atomic E-state index is 5.15. The van der Waals surface area contributed by atoms with Gasteiger partial charge in [0.25, 0.3) is 0 Å². The highest BCUT2D eigenvalue weighted by atomic mass is 16.5. The van der Waals surface area contributed by atoms with Crippen LogP contribution in [0.4, 0.5) is 0 Å². The van der Waals surface area contributed by atoms with Gasteiger partial charge in [-0.2, -0.15) is 0 Å². The van der Waals surface area contributed by atoms with Gasteiger partial charge in [0.05, 0.1) is 24.9 Å². The molecular formula is C14H14N2O. The van der Waals surface area contributed by atoms with Crippen molar-refractivity contribution in [3.8, 4) is 5.75 Å². The van der Waals surface area contributed by atoms with Crippen LogP contribution in [0.3, 0.4) is 0 Å². The Balaban J connectivity index is 1.76. The van der Waals surface area contributed by atoms with E-state index in [0.717, 1.165) is 11.4 Å². The summed E-state index contributed by atoms with van der Waals surface area (Å²) in [6, 6.07) is 14.9. The number of hydrogen-bond acceptors (Lipinski definition) is 3. The fourth-order valence-corrected chi connectivity index (χ4v) is 2.05. The summed E-state index contributed by atoms with van der Waals surface area (Å²) in [7, 11) is 1.68. The standard InChI is InChI=1S/C14H14N2O/c1-17-11-7-5-10(6-8-11)13-14(16-13)12-4-2-3-9-15-12/h2-9,13-14,16H,1H3/t13-,14+/m0/s1. The van der Waals surface area contributed by atoms with Crippen LogP contribution in [0.2, 0.25) is 0 Å². The molecule has 0 radical (unpaired) electrons. The minimum atomic E-state index is 0.351. The zero-order valence-electron chi connectivity index (χ0n) is 9.63. The van der Waals surface area contributed by atoms with Crippen molar-refractivity contribution in [3.05, 3.63) is 59.9 Å². The summed E-state index contributed by atoms with van der Waals surface area (Å²) in [6.45, 7) is 0. The number of ether oxygens (including phenoxy) is 1. The van der Waals surface area contributed by atoms with Crippen LogP contribution in [0.25, 0.3) is 0 Å². The first-order chi connectivity index (χ1) is 8.38. The molecule has 1 fully saturated rings. The van der Waals surface area contributed by atoms with Gasteiger partial charge in [-0.3, -0.25) is 10.3 Å². The first-order valence-electron chi connectivity index (χ1n) is 5.69. The Morgan fingerprint density at radius 2 is 1.88 bits per heavy atom. The molecule has 1 aromatic heterocycles. The lowest BCUT2D eigenvalue weighted by Gasteiger charge is -2.01. The zero-order chi connectivity index (χ0) is 11.7. The van der Waals surface area contributed by atoms with Crippen LogP contribution in [0.1, 0.15) is 23.3 Å². The monoisotopic (exact) mass is 226 g/mol. The van der Waals surface area contributed by atoms with Crippen molar-refractivity contribution < 1.29 is 4.74 Å². The van der Waals surface area contributed by atoms with Gasteiger partial charge in [0, 0.05) is 6.20 Å². The van der Waals surface area contributed by atoms with Gasteiger partial charge < -0.3 is 4.74 Å². The average Bonchev–Trinajstić information content (AvgIpc) is 3.20. The molecule has 0 saturated carbocycles. The van der Waals surface area contributed by atoms with Crippen molar-refractivity contribution in [1.29, 1.82) is 0 Å². The summed E-state index contributed by atoms with van der Waals surface area (Å²) in [4.78, 5) is 4.36. The molecule has 1 aliphatic rings. The topological polar surface area (TPSA) is 44.1 Å². The molecular weight excluding hydrogens is 212 g/mol. The van der Waals surface area contributed by atoms with Crippen molar-refractivity contribution in [1.82, 2.24) is 10.3 Å². The summed E-state index contributed by atoms with van der Waals surface area (Å²) in [5.74, 6) is 0.892. The molecule has 0 spiro atoms. The van der Waals surface area contributed by atoms with Crippen molar-refractivity contribution >= 4 is 0 Å². The quantitative estimate of drug-likeness (QED) is 0.818. The highest BCUT2D eigenvalue weighted by Crippen LogP contribution is 2.41. The largest absolute Gasteiger partial charge is 0.497 e. The SMILES string of the molecule is COc1ccc([C@@H]2N[C@@H]2c2ccccn2)cc1. The summed E-state index contributed by atoms with van der Waals surface area (Å²) in [6.07, 6.45) is 1.83. The highest BCUT2D eigenvalue weighted by molar-refractivity contribution is 5.35. The molecule has 2 atom stereocenters. The van der Waals surface area contributed by atoms with Gasteiger partial charge in [0.15, 0.2) is 0 Å². The second-order valence-electron chi connectivity index (χ2n) is 4.15. The molecule has 3 nitrogen and oxygen atoms in total. The van der Waals surface area contributed by atoms with Crippen LogP contribution in [0.15, 0.2) is 48.7 Å². The maximum absolute atomic E-state index is 5.15. The van der Waals surface area contributed by atoms with Crippen molar-refractivity contribution in [3.63, 3.8) is 0 Å². The lowest BCUT2D eigenvalue weighted by atomic mass is 10.1. The van der Waals surface area contributed by atoms with E-state index in [1.54, 1.807) is 7.11 Å². The third kappa shape index (κ3) is 2.01. The van der Waals surface area contributed by atoms with Crippen molar-refractivity contribution in [2.24, 2.45) is 0 Å². The summed E-state index contributed by atoms with van der Waals surface area (Å²) in [5.41, 5.74) is 2.38. The van der Waals surface area contributed by atoms with Crippen LogP contribution in [0, 0.1) is 0 Å². The second kappa shape index (κ2) is 4.18. The van der Waals surface area contributed by atoms with E-state index in [2.05, 4.69) is 28.5 Å². The molecule has 86 valence electrons. The van der Waals surface area contributed by atoms with E-state index >= 15 is 0 Å². The molecule has 0 bridgehead atoms. The Kier molecular flexibility index (Phi) is 2.53. The van der Waals surface area contributed by atoms with E-state index in [1.165, 1.54) is 5.56 Å². The predicted molar refractivity (Wildman–Crippen MR) is 65.8 cm³/mol. The number of nitrogens with one attached hydrogen (secondary N) is 1. The summed E-state index contributed by atoms with van der Waals surface area (Å²) >= 11 is 0. The van der Waals surface area contributed by atoms with E-state index < -0.39 is 0 Å². The zero-order valence-corrected chi connectivity index (χ0v) is 9.63. The smallest absolute Gasteiger partial charge is 0.118 e. The number of rotatable bonds is 3. The first-order valence-corrected chi connectivity index (χ1v) is 5.69. The molecule has 1 saturated heterocycles. The molecule has 1 aromatic carbocycles. The predicted octanol–water partition coefficient (Wildman–Crippen LogP) is 2.48. The number of hydrogen-bond donors (Lipinski definition) is 1. The Morgan fingerprint density at radius 1 is 1.06 bits per heavy atom. The third-order valence-electron chi connectivity index (χ3n) is 3.06. The Morgan fingerprint density at radius 3 is 2.53 bits per heavy atom. The Labute approximate surface area is 100 Å². The molecule has 2 aromatic rings. The van der Waals surface area contributed by atoms with Gasteiger partial charge in [0.1, 0.15) is 5.75 Å². The molecule has 17 heavy (non-hydrogen) atoms. The number of aromatic nitrogens is 1. The fourth-order valence-electron chi connectivity index (χ4n) is 2.05. The fraction of sp³-hybridized carbons (Fsp3) is 0.214. The number of methoxy groups -OCH3 is 1. The van der Waals surface area contributed by atoms with Crippen molar-refractivity contribution in [2.75, 3.05) is 7.11 Å². The van der Waals surface area contributed by atoms with E-state index in [4.69, 9.17) is 4.74 Å². The van der Waals surface area contributed by atoms with Gasteiger partial charge in [-0.25, -0.2) is 0 Å². The van der Waals surface area contributed by atoms with Gasteiger partial charge in [0.2, 0.25) is 0 Å². The lowest BCUT2D eigenvalue weighted by molar-refractivity contribution is 0.414. The third-order valence-corrected chi connectivity index (χ3v) is 3.06. The van der Waals surface area contributed by atoms with Crippen LogP contribution in [-0.2, 0) is 0 Å². The van der Waals surface area contributed by atoms with E-state index in [1.807, 2.05) is 30.5 Å². The molecule has 3 rings (SSSR count). The van der Waals surface area contributed by atoms with E-state index in [9.17, 15) is 0 Å². The molecule has 2 heterocycles. The first kappa shape index (κ1) is 10.3. The van der Waals surface area contributed by atoms with Crippen LogP contribution >= 0.6 is 0 Å². The van der Waals surface area contributed by atoms with E-state index in [-0.39, 0.29) is 0 Å². The molecule has 0 amide bonds. The number of pyridine rings is 1. The highest BCUT2D eigenvalue weighted by Gasteiger charge is 2.39. The van der Waals surface area contributed by atoms with Crippen LogP contribution in [0.5, 0.6) is 5.75 Å². The molecule has 3 heteroatoms. The van der Waals surface area contributed by atoms with Gasteiger partial charge in [-0.15, -0.1) is 0 Å². The van der Waals surface area contributed by atoms with Crippen molar-refractivity contribution in [2.45, 2.75) is 12.1 Å². The van der Waals surface area contributed by atoms with Crippen LogP contribution < -0.4 is 10.1 Å². The minimum absolute atomic E-state index is 0.351. The molecule has 0 aliphatic carbocycles. The Hall–Kier alpha value is -1.87. The second-order valence-corrected chi connectivity index (χ2v) is 4.15. The van der Waals surface area contributed by atoms with E-state index in [0.29, 0.717) is 12.1 Å². The average molecular weight is 226 g/mol. The van der Waals surface area contributed by atoms with Gasteiger partial charge >= 0.3 is 0 Å². The molecule has 1 N–H and O–H groups in total. The number of nitrogens with zero attached hydrogens (tertiary/aromatic N) is 1. The van der Waals surface area contributed by atoms with Crippen LogP contribution in [-0.4, -0.2) is 12.1 Å². The lowest BCUT2D eigenvalue weighted by Crippen LogP contribution is -1.88. The Bertz CT molecular complexity index is 495. The van der Waals surface area contributed by atoms with Gasteiger partial charge in [-0.1, -0.05) is 18.2 Å². The normalized spacial score (nSPS) is 22.2. The van der Waals surface area contributed by atoms with Gasteiger partial charge in [-0.05, 0) is 29.8 Å². The summed E-state index contributed by atoms with van der Waals surface area (Å²) in [5, 5.41) is 3.44. The number of benzene rings is 1. The minimum Gasteiger partial charge on any atom is -0.497 e. The maximum Gasteiger partial charge on any atom is 0.118 e. The molecule has 1 aliphatic heterocycles. The molecule has 0 unspecified atom stereocenters.